The monoisotopic (exact) mass is 393 g/mol. The number of hydrogen-bond donors (Lipinski definition) is 1. The van der Waals surface area contributed by atoms with E-state index in [-0.39, 0.29) is 17.2 Å². The van der Waals surface area contributed by atoms with E-state index in [9.17, 15) is 14.7 Å². The topological polar surface area (TPSA) is 100 Å². The van der Waals surface area contributed by atoms with Gasteiger partial charge in [0.05, 0.1) is 17.9 Å². The molecule has 0 saturated carbocycles. The number of aliphatic hydroxyl groups is 1. The Hall–Kier alpha value is -3.81. The minimum atomic E-state index is -0.874. The highest BCUT2D eigenvalue weighted by Crippen LogP contribution is 2.42. The molecular formula is C21H19N3O5. The van der Waals surface area contributed by atoms with Gasteiger partial charge >= 0.3 is 0 Å². The number of Topliss-reactive ketones (excluding diaryl/α,β-unsaturated/α-hetero) is 1. The third kappa shape index (κ3) is 3.08. The van der Waals surface area contributed by atoms with Gasteiger partial charge in [-0.1, -0.05) is 17.3 Å². The fourth-order valence-corrected chi connectivity index (χ4v) is 3.35. The Morgan fingerprint density at radius 3 is 2.48 bits per heavy atom. The van der Waals surface area contributed by atoms with Crippen LogP contribution in [0.15, 0.2) is 69.0 Å². The highest BCUT2D eigenvalue weighted by Gasteiger charge is 2.46. The molecule has 4 rings (SSSR count). The first-order valence-electron chi connectivity index (χ1n) is 8.94. The van der Waals surface area contributed by atoms with Crippen LogP contribution in [0.4, 0.5) is 11.5 Å². The van der Waals surface area contributed by atoms with E-state index in [0.29, 0.717) is 11.3 Å². The second-order valence-corrected chi connectivity index (χ2v) is 6.93. The number of ketones is 1. The quantitative estimate of drug-likeness (QED) is 0.663. The summed E-state index contributed by atoms with van der Waals surface area (Å²) < 4.78 is 10.3. The highest BCUT2D eigenvalue weighted by molar-refractivity contribution is 6.19. The summed E-state index contributed by atoms with van der Waals surface area (Å²) in [6, 6.07) is 11.1. The molecule has 0 fully saturated rings. The van der Waals surface area contributed by atoms with Gasteiger partial charge in [0, 0.05) is 25.8 Å². The number of carbonyl (C=O) groups excluding carboxylic acids is 2. The molecule has 1 aliphatic rings. The normalized spacial score (nSPS) is 16.6. The van der Waals surface area contributed by atoms with Gasteiger partial charge in [-0.25, -0.2) is 0 Å². The first kappa shape index (κ1) is 18.5. The van der Waals surface area contributed by atoms with Crippen molar-refractivity contribution in [2.75, 3.05) is 23.9 Å². The Kier molecular flexibility index (Phi) is 4.46. The minimum Gasteiger partial charge on any atom is -0.503 e. The number of hydrogen-bond acceptors (Lipinski definition) is 7. The van der Waals surface area contributed by atoms with Crippen molar-refractivity contribution in [1.82, 2.24) is 5.16 Å². The lowest BCUT2D eigenvalue weighted by atomic mass is 9.95. The molecule has 0 bridgehead atoms. The van der Waals surface area contributed by atoms with Crippen molar-refractivity contribution in [3.8, 4) is 0 Å². The Labute approximate surface area is 166 Å². The Balaban J connectivity index is 1.85. The van der Waals surface area contributed by atoms with E-state index in [1.54, 1.807) is 31.2 Å². The van der Waals surface area contributed by atoms with E-state index in [1.807, 2.05) is 31.1 Å². The SMILES string of the molecule is Cc1cc(N2C(=O)C(O)=C(C(=O)c3ccco3)[C@@H]2c2ccc(N(C)C)cc2)no1. The lowest BCUT2D eigenvalue weighted by Gasteiger charge is -2.24. The molecule has 1 aliphatic heterocycles. The summed E-state index contributed by atoms with van der Waals surface area (Å²) in [4.78, 5) is 29.2. The van der Waals surface area contributed by atoms with Crippen molar-refractivity contribution in [2.24, 2.45) is 0 Å². The summed E-state index contributed by atoms with van der Waals surface area (Å²) in [6.45, 7) is 1.69. The van der Waals surface area contributed by atoms with Gasteiger partial charge in [0.25, 0.3) is 5.91 Å². The van der Waals surface area contributed by atoms with E-state index in [4.69, 9.17) is 8.94 Å². The van der Waals surface area contributed by atoms with Crippen molar-refractivity contribution in [3.63, 3.8) is 0 Å². The molecule has 0 unspecified atom stereocenters. The van der Waals surface area contributed by atoms with Gasteiger partial charge < -0.3 is 18.9 Å². The molecule has 8 heteroatoms. The van der Waals surface area contributed by atoms with E-state index >= 15 is 0 Å². The molecule has 1 N–H and O–H groups in total. The molecule has 0 saturated heterocycles. The van der Waals surface area contributed by atoms with Gasteiger partial charge in [0.15, 0.2) is 17.3 Å². The maximum Gasteiger partial charge on any atom is 0.295 e. The van der Waals surface area contributed by atoms with E-state index in [2.05, 4.69) is 5.16 Å². The number of amides is 1. The van der Waals surface area contributed by atoms with Crippen LogP contribution in [-0.4, -0.2) is 36.0 Å². The van der Waals surface area contributed by atoms with Crippen molar-refractivity contribution in [2.45, 2.75) is 13.0 Å². The Morgan fingerprint density at radius 1 is 1.21 bits per heavy atom. The smallest absolute Gasteiger partial charge is 0.295 e. The molecule has 1 atom stereocenters. The largest absolute Gasteiger partial charge is 0.503 e. The molecule has 29 heavy (non-hydrogen) atoms. The number of anilines is 2. The molecular weight excluding hydrogens is 374 g/mol. The van der Waals surface area contributed by atoms with Crippen molar-refractivity contribution >= 4 is 23.2 Å². The van der Waals surface area contributed by atoms with E-state index < -0.39 is 23.5 Å². The van der Waals surface area contributed by atoms with Crippen LogP contribution in [0.25, 0.3) is 0 Å². The molecule has 1 amide bonds. The Morgan fingerprint density at radius 2 is 1.93 bits per heavy atom. The van der Waals surface area contributed by atoms with Gasteiger partial charge in [-0.3, -0.25) is 14.5 Å². The molecule has 8 nitrogen and oxygen atoms in total. The number of carbonyl (C=O) groups is 2. The first-order valence-corrected chi connectivity index (χ1v) is 8.94. The van der Waals surface area contributed by atoms with E-state index in [1.165, 1.54) is 17.2 Å². The average Bonchev–Trinajstić information content (AvgIpc) is 3.43. The lowest BCUT2D eigenvalue weighted by Crippen LogP contribution is -2.31. The molecule has 2 aromatic heterocycles. The van der Waals surface area contributed by atoms with E-state index in [0.717, 1.165) is 5.69 Å². The van der Waals surface area contributed by atoms with Crippen LogP contribution < -0.4 is 9.80 Å². The summed E-state index contributed by atoms with van der Waals surface area (Å²) in [5, 5.41) is 14.5. The Bertz CT molecular complexity index is 1090. The van der Waals surface area contributed by atoms with Gasteiger partial charge in [-0.2, -0.15) is 0 Å². The summed E-state index contributed by atoms with van der Waals surface area (Å²) in [5.74, 6) is -1.18. The molecule has 0 aliphatic carbocycles. The van der Waals surface area contributed by atoms with Crippen LogP contribution in [0.1, 0.15) is 27.9 Å². The maximum absolute atomic E-state index is 13.1. The molecule has 148 valence electrons. The second-order valence-electron chi connectivity index (χ2n) is 6.93. The molecule has 3 heterocycles. The van der Waals surface area contributed by atoms with Gasteiger partial charge in [0.1, 0.15) is 5.76 Å². The fraction of sp³-hybridized carbons (Fsp3) is 0.190. The van der Waals surface area contributed by atoms with Crippen LogP contribution in [0.5, 0.6) is 0 Å². The van der Waals surface area contributed by atoms with Crippen LogP contribution in [-0.2, 0) is 4.79 Å². The van der Waals surface area contributed by atoms with Crippen molar-refractivity contribution in [3.05, 3.63) is 77.1 Å². The zero-order chi connectivity index (χ0) is 20.7. The summed E-state index contributed by atoms with van der Waals surface area (Å²) in [6.07, 6.45) is 1.36. The van der Waals surface area contributed by atoms with Crippen LogP contribution in [0.2, 0.25) is 0 Å². The van der Waals surface area contributed by atoms with Gasteiger partial charge in [0.2, 0.25) is 5.78 Å². The molecule has 3 aromatic rings. The van der Waals surface area contributed by atoms with Gasteiger partial charge in [-0.05, 0) is 36.8 Å². The minimum absolute atomic E-state index is 0.0347. The number of nitrogens with zero attached hydrogens (tertiary/aromatic N) is 3. The summed E-state index contributed by atoms with van der Waals surface area (Å²) in [5.41, 5.74) is 1.53. The molecule has 1 aromatic carbocycles. The number of aromatic nitrogens is 1. The number of aliphatic hydroxyl groups excluding tert-OH is 1. The zero-order valence-electron chi connectivity index (χ0n) is 16.1. The first-order chi connectivity index (χ1) is 13.9. The third-order valence-electron chi connectivity index (χ3n) is 4.79. The number of benzene rings is 1. The van der Waals surface area contributed by atoms with Crippen molar-refractivity contribution in [1.29, 1.82) is 0 Å². The lowest BCUT2D eigenvalue weighted by molar-refractivity contribution is -0.117. The van der Waals surface area contributed by atoms with Gasteiger partial charge in [-0.15, -0.1) is 0 Å². The average molecular weight is 393 g/mol. The molecule has 0 radical (unpaired) electrons. The van der Waals surface area contributed by atoms with Crippen molar-refractivity contribution < 1.29 is 23.6 Å². The summed E-state index contributed by atoms with van der Waals surface area (Å²) >= 11 is 0. The fourth-order valence-electron chi connectivity index (χ4n) is 3.35. The standard InChI is InChI=1S/C21H19N3O5/c1-12-11-16(22-29-12)24-18(13-6-8-14(9-7-13)23(2)3)17(20(26)21(24)27)19(25)15-5-4-10-28-15/h4-11,18,26H,1-3H3/t18-/m0/s1. The number of rotatable bonds is 5. The number of aryl methyl sites for hydroxylation is 1. The third-order valence-corrected chi connectivity index (χ3v) is 4.79. The number of furan rings is 1. The predicted octanol–water partition coefficient (Wildman–Crippen LogP) is 3.42. The summed E-state index contributed by atoms with van der Waals surface area (Å²) in [7, 11) is 3.83. The maximum atomic E-state index is 13.1. The van der Waals surface area contributed by atoms with Crippen LogP contribution in [0.3, 0.4) is 0 Å². The second kappa shape index (κ2) is 6.97. The molecule has 0 spiro atoms. The van der Waals surface area contributed by atoms with Crippen LogP contribution in [0, 0.1) is 6.92 Å². The zero-order valence-corrected chi connectivity index (χ0v) is 16.1. The highest BCUT2D eigenvalue weighted by atomic mass is 16.5. The van der Waals surface area contributed by atoms with Crippen LogP contribution >= 0.6 is 0 Å². The predicted molar refractivity (Wildman–Crippen MR) is 105 cm³/mol.